The summed E-state index contributed by atoms with van der Waals surface area (Å²) in [6.07, 6.45) is 2.67. The van der Waals surface area contributed by atoms with Gasteiger partial charge in [0.2, 0.25) is 11.8 Å². The summed E-state index contributed by atoms with van der Waals surface area (Å²) in [5.41, 5.74) is 0.421. The number of aryl methyl sites for hydroxylation is 1. The van der Waals surface area contributed by atoms with Gasteiger partial charge in [-0.15, -0.1) is 12.4 Å². The Morgan fingerprint density at radius 2 is 2.03 bits per heavy atom. The second-order valence-electron chi connectivity index (χ2n) is 7.65. The number of carbonyl (C=O) groups is 2. The van der Waals surface area contributed by atoms with Crippen molar-refractivity contribution in [1.82, 2.24) is 15.1 Å². The van der Waals surface area contributed by atoms with Crippen molar-refractivity contribution in [3.8, 4) is 11.3 Å². The summed E-state index contributed by atoms with van der Waals surface area (Å²) < 4.78 is 19.7. The first-order valence-electron chi connectivity index (χ1n) is 10.2. The van der Waals surface area contributed by atoms with E-state index in [2.05, 4.69) is 5.32 Å². The van der Waals surface area contributed by atoms with Crippen molar-refractivity contribution in [2.75, 3.05) is 32.7 Å². The Balaban J connectivity index is 0.00000256. The monoisotopic (exact) mass is 435 g/mol. The van der Waals surface area contributed by atoms with E-state index in [-0.39, 0.29) is 36.1 Å². The average Bonchev–Trinajstić information content (AvgIpc) is 3.21. The van der Waals surface area contributed by atoms with Crippen LogP contribution in [0, 0.1) is 5.82 Å². The Labute approximate surface area is 181 Å². The summed E-state index contributed by atoms with van der Waals surface area (Å²) in [6, 6.07) is 10.1. The zero-order valence-electron chi connectivity index (χ0n) is 16.8. The molecule has 0 saturated carbocycles. The summed E-state index contributed by atoms with van der Waals surface area (Å²) in [7, 11) is 0. The fourth-order valence-electron chi connectivity index (χ4n) is 4.15. The van der Waals surface area contributed by atoms with Crippen molar-refractivity contribution in [2.45, 2.75) is 31.7 Å². The Morgan fingerprint density at radius 1 is 1.20 bits per heavy atom. The second kappa shape index (κ2) is 10.1. The molecule has 0 bridgehead atoms. The van der Waals surface area contributed by atoms with Gasteiger partial charge in [-0.1, -0.05) is 12.1 Å². The van der Waals surface area contributed by atoms with Crippen molar-refractivity contribution in [3.05, 3.63) is 48.0 Å². The molecule has 2 amide bonds. The molecule has 8 heteroatoms. The van der Waals surface area contributed by atoms with Crippen LogP contribution in [0.3, 0.4) is 0 Å². The van der Waals surface area contributed by atoms with Crippen LogP contribution < -0.4 is 5.32 Å². The maximum absolute atomic E-state index is 13.9. The number of benzene rings is 1. The first-order chi connectivity index (χ1) is 14.1. The Bertz CT molecular complexity index is 888. The van der Waals surface area contributed by atoms with Gasteiger partial charge < -0.3 is 19.5 Å². The fraction of sp³-hybridized carbons (Fsp3) is 0.455. The van der Waals surface area contributed by atoms with Crippen molar-refractivity contribution in [2.24, 2.45) is 0 Å². The van der Waals surface area contributed by atoms with E-state index in [9.17, 15) is 14.0 Å². The van der Waals surface area contributed by atoms with Gasteiger partial charge in [-0.2, -0.15) is 0 Å². The lowest BCUT2D eigenvalue weighted by atomic mass is 10.0. The van der Waals surface area contributed by atoms with Crippen LogP contribution >= 0.6 is 12.4 Å². The smallest absolute Gasteiger partial charge is 0.236 e. The quantitative estimate of drug-likeness (QED) is 0.784. The summed E-state index contributed by atoms with van der Waals surface area (Å²) in [6.45, 7) is 3.22. The third kappa shape index (κ3) is 5.02. The predicted octanol–water partition coefficient (Wildman–Crippen LogP) is 2.86. The van der Waals surface area contributed by atoms with E-state index in [1.54, 1.807) is 30.3 Å². The van der Waals surface area contributed by atoms with Crippen LogP contribution in [0.25, 0.3) is 11.3 Å². The number of nitrogens with zero attached hydrogens (tertiary/aromatic N) is 2. The molecule has 1 aromatic heterocycles. The molecular formula is C22H27ClFN3O3. The van der Waals surface area contributed by atoms with Crippen LogP contribution in [0.15, 0.2) is 40.8 Å². The van der Waals surface area contributed by atoms with E-state index in [0.717, 1.165) is 25.9 Å². The van der Waals surface area contributed by atoms with Crippen LogP contribution in [-0.4, -0.2) is 60.4 Å². The number of hydrogen-bond acceptors (Lipinski definition) is 4. The van der Waals surface area contributed by atoms with E-state index in [4.69, 9.17) is 4.42 Å². The van der Waals surface area contributed by atoms with E-state index in [1.807, 2.05) is 9.80 Å². The van der Waals surface area contributed by atoms with Crippen LogP contribution in [0.1, 0.15) is 25.0 Å². The molecule has 2 aliphatic heterocycles. The largest absolute Gasteiger partial charge is 0.461 e. The van der Waals surface area contributed by atoms with Gasteiger partial charge in [0.05, 0.1) is 12.1 Å². The number of furan rings is 1. The molecule has 1 N–H and O–H groups in total. The van der Waals surface area contributed by atoms with E-state index >= 15 is 0 Å². The molecule has 4 rings (SSSR count). The van der Waals surface area contributed by atoms with Crippen molar-refractivity contribution in [1.29, 1.82) is 0 Å². The molecule has 0 radical (unpaired) electrons. The summed E-state index contributed by atoms with van der Waals surface area (Å²) in [4.78, 5) is 28.7. The number of piperidine rings is 1. The highest BCUT2D eigenvalue weighted by molar-refractivity contribution is 5.85. The number of amides is 2. The summed E-state index contributed by atoms with van der Waals surface area (Å²) >= 11 is 0. The van der Waals surface area contributed by atoms with Gasteiger partial charge in [-0.25, -0.2) is 4.39 Å². The lowest BCUT2D eigenvalue weighted by molar-refractivity contribution is -0.140. The standard InChI is InChI=1S/C22H26FN3O3.ClH/c23-19-6-2-1-5-18(19)20-9-7-17(29-20)8-10-21(27)25-12-3-4-16(15-25)26-13-11-24-14-22(26)28;/h1-2,5-7,9,16,24H,3-4,8,10-15H2;1H. The van der Waals surface area contributed by atoms with Gasteiger partial charge in [0.1, 0.15) is 17.3 Å². The fourth-order valence-corrected chi connectivity index (χ4v) is 4.15. The Kier molecular flexibility index (Phi) is 7.50. The van der Waals surface area contributed by atoms with Gasteiger partial charge >= 0.3 is 0 Å². The molecule has 0 aliphatic carbocycles. The summed E-state index contributed by atoms with van der Waals surface area (Å²) in [5.74, 6) is 1.00. The molecule has 6 nitrogen and oxygen atoms in total. The van der Waals surface area contributed by atoms with Gasteiger partial charge in [0, 0.05) is 45.1 Å². The molecule has 1 atom stereocenters. The number of halogens is 2. The average molecular weight is 436 g/mol. The number of carbonyl (C=O) groups excluding carboxylic acids is 2. The normalized spacial score (nSPS) is 19.5. The molecule has 0 spiro atoms. The maximum Gasteiger partial charge on any atom is 0.236 e. The summed E-state index contributed by atoms with van der Waals surface area (Å²) in [5, 5.41) is 3.09. The zero-order chi connectivity index (χ0) is 20.2. The minimum Gasteiger partial charge on any atom is -0.461 e. The highest BCUT2D eigenvalue weighted by Gasteiger charge is 2.31. The number of likely N-dealkylation sites (tertiary alicyclic amines) is 1. The Hall–Kier alpha value is -2.38. The van der Waals surface area contributed by atoms with Crippen LogP contribution in [0.4, 0.5) is 4.39 Å². The first kappa shape index (κ1) is 22.3. The van der Waals surface area contributed by atoms with Gasteiger partial charge in [-0.05, 0) is 37.1 Å². The maximum atomic E-state index is 13.9. The number of hydrogen-bond donors (Lipinski definition) is 1. The van der Waals surface area contributed by atoms with Crippen LogP contribution in [0.5, 0.6) is 0 Å². The van der Waals surface area contributed by atoms with Gasteiger partial charge in [0.15, 0.2) is 0 Å². The zero-order valence-corrected chi connectivity index (χ0v) is 17.6. The molecule has 162 valence electrons. The van der Waals surface area contributed by atoms with Crippen molar-refractivity contribution >= 4 is 24.2 Å². The van der Waals surface area contributed by atoms with Crippen LogP contribution in [-0.2, 0) is 16.0 Å². The molecule has 30 heavy (non-hydrogen) atoms. The third-order valence-corrected chi connectivity index (χ3v) is 5.70. The topological polar surface area (TPSA) is 65.8 Å². The van der Waals surface area contributed by atoms with Gasteiger partial charge in [-0.3, -0.25) is 9.59 Å². The molecular weight excluding hydrogens is 409 g/mol. The predicted molar refractivity (Wildman–Crippen MR) is 114 cm³/mol. The van der Waals surface area contributed by atoms with E-state index < -0.39 is 0 Å². The van der Waals surface area contributed by atoms with E-state index in [1.165, 1.54) is 6.07 Å². The second-order valence-corrected chi connectivity index (χ2v) is 7.65. The number of nitrogens with one attached hydrogen (secondary N) is 1. The third-order valence-electron chi connectivity index (χ3n) is 5.70. The first-order valence-corrected chi connectivity index (χ1v) is 10.2. The minimum atomic E-state index is -0.328. The lowest BCUT2D eigenvalue weighted by Gasteiger charge is -2.41. The SMILES string of the molecule is Cl.O=C(CCc1ccc(-c2ccccc2F)o1)N1CCCC(N2CCNCC2=O)C1. The molecule has 1 unspecified atom stereocenters. The number of piperazine rings is 1. The molecule has 2 aliphatic rings. The highest BCUT2D eigenvalue weighted by Crippen LogP contribution is 2.25. The van der Waals surface area contributed by atoms with Crippen molar-refractivity contribution < 1.29 is 18.4 Å². The molecule has 2 fully saturated rings. The lowest BCUT2D eigenvalue weighted by Crippen LogP contribution is -2.57. The van der Waals surface area contributed by atoms with Crippen molar-refractivity contribution in [3.63, 3.8) is 0 Å². The van der Waals surface area contributed by atoms with Gasteiger partial charge in [0.25, 0.3) is 0 Å². The van der Waals surface area contributed by atoms with Crippen LogP contribution in [0.2, 0.25) is 0 Å². The molecule has 2 aromatic rings. The number of rotatable bonds is 5. The highest BCUT2D eigenvalue weighted by atomic mass is 35.5. The minimum absolute atomic E-state index is 0. The molecule has 3 heterocycles. The van der Waals surface area contributed by atoms with E-state index in [0.29, 0.717) is 49.6 Å². The Morgan fingerprint density at radius 3 is 2.83 bits per heavy atom. The molecule has 1 aromatic carbocycles. The molecule has 2 saturated heterocycles.